The fourth-order valence-corrected chi connectivity index (χ4v) is 3.08. The van der Waals surface area contributed by atoms with Gasteiger partial charge in [0, 0.05) is 34.0 Å². The van der Waals surface area contributed by atoms with Crippen molar-refractivity contribution in [3.05, 3.63) is 69.2 Å². The lowest BCUT2D eigenvalue weighted by atomic mass is 10.1. The Morgan fingerprint density at radius 1 is 1.14 bits per heavy atom. The van der Waals surface area contributed by atoms with Crippen LogP contribution in [0.2, 0.25) is 5.02 Å². The fourth-order valence-electron chi connectivity index (χ4n) is 2.02. The third kappa shape index (κ3) is 4.73. The van der Waals surface area contributed by atoms with Crippen LogP contribution in [0.1, 0.15) is 15.9 Å². The number of halogens is 3. The topological polar surface area (TPSA) is 20.3 Å². The number of carbonyl (C=O) groups excluding carboxylic acids is 1. The fraction of sp³-hybridized carbons (Fsp3) is 0.188. The van der Waals surface area contributed by atoms with Gasteiger partial charge in [-0.05, 0) is 23.8 Å². The van der Waals surface area contributed by atoms with Crippen LogP contribution in [-0.4, -0.2) is 23.2 Å². The summed E-state index contributed by atoms with van der Waals surface area (Å²) < 4.78 is 0.781. The zero-order valence-corrected chi connectivity index (χ0v) is 14.3. The van der Waals surface area contributed by atoms with Gasteiger partial charge in [-0.1, -0.05) is 57.9 Å². The SMILES string of the molecule is O=C(c1cc(Cl)cc(Br)c1)N(CCCl)Cc1ccccc1. The Labute approximate surface area is 142 Å². The van der Waals surface area contributed by atoms with Crippen molar-refractivity contribution in [1.82, 2.24) is 4.90 Å². The molecule has 2 aromatic rings. The molecular weight excluding hydrogens is 373 g/mol. The van der Waals surface area contributed by atoms with Crippen molar-refractivity contribution in [1.29, 1.82) is 0 Å². The highest BCUT2D eigenvalue weighted by molar-refractivity contribution is 9.10. The van der Waals surface area contributed by atoms with Crippen LogP contribution in [0.4, 0.5) is 0 Å². The summed E-state index contributed by atoms with van der Waals surface area (Å²) in [6.45, 7) is 1.01. The molecule has 110 valence electrons. The van der Waals surface area contributed by atoms with Crippen LogP contribution in [0.3, 0.4) is 0 Å². The molecule has 0 saturated carbocycles. The Morgan fingerprint density at radius 2 is 1.86 bits per heavy atom. The second-order valence-electron chi connectivity index (χ2n) is 4.56. The van der Waals surface area contributed by atoms with Gasteiger partial charge < -0.3 is 4.90 Å². The Bertz CT molecular complexity index is 599. The summed E-state index contributed by atoms with van der Waals surface area (Å²) >= 11 is 15.2. The van der Waals surface area contributed by atoms with Crippen molar-refractivity contribution in [2.24, 2.45) is 0 Å². The van der Waals surface area contributed by atoms with Crippen LogP contribution < -0.4 is 0 Å². The lowest BCUT2D eigenvalue weighted by Gasteiger charge is -2.22. The lowest BCUT2D eigenvalue weighted by molar-refractivity contribution is 0.0753. The van der Waals surface area contributed by atoms with E-state index in [0.717, 1.165) is 10.0 Å². The minimum absolute atomic E-state index is 0.0808. The Balaban J connectivity index is 2.22. The van der Waals surface area contributed by atoms with Gasteiger partial charge in [0.15, 0.2) is 0 Å². The van der Waals surface area contributed by atoms with Gasteiger partial charge >= 0.3 is 0 Å². The number of rotatable bonds is 5. The summed E-state index contributed by atoms with van der Waals surface area (Å²) in [5, 5.41) is 0.526. The number of carbonyl (C=O) groups is 1. The molecule has 21 heavy (non-hydrogen) atoms. The van der Waals surface area contributed by atoms with Gasteiger partial charge in [0.25, 0.3) is 5.91 Å². The first-order chi connectivity index (χ1) is 10.1. The lowest BCUT2D eigenvalue weighted by Crippen LogP contribution is -2.32. The van der Waals surface area contributed by atoms with E-state index < -0.39 is 0 Å². The molecule has 0 aromatic heterocycles. The van der Waals surface area contributed by atoms with Gasteiger partial charge in [0.1, 0.15) is 0 Å². The average Bonchev–Trinajstić information content (AvgIpc) is 2.46. The maximum absolute atomic E-state index is 12.6. The molecule has 2 aromatic carbocycles. The summed E-state index contributed by atoms with van der Waals surface area (Å²) in [4.78, 5) is 14.4. The third-order valence-electron chi connectivity index (χ3n) is 2.97. The second kappa shape index (κ2) is 7.83. The molecule has 0 aliphatic rings. The predicted octanol–water partition coefficient (Wildman–Crippen LogP) is 4.98. The van der Waals surface area contributed by atoms with Crippen LogP contribution in [0, 0.1) is 0 Å². The standard InChI is InChI=1S/C16H14BrCl2NO/c17-14-8-13(9-15(19)10-14)16(21)20(7-6-18)11-12-4-2-1-3-5-12/h1-5,8-10H,6-7,11H2. The highest BCUT2D eigenvalue weighted by Gasteiger charge is 2.16. The maximum atomic E-state index is 12.6. The minimum atomic E-state index is -0.0808. The number of benzene rings is 2. The largest absolute Gasteiger partial charge is 0.333 e. The molecule has 0 saturated heterocycles. The molecule has 0 radical (unpaired) electrons. The maximum Gasteiger partial charge on any atom is 0.254 e. The molecule has 0 aliphatic heterocycles. The molecule has 0 spiro atoms. The first-order valence-corrected chi connectivity index (χ1v) is 8.16. The van der Waals surface area contributed by atoms with E-state index >= 15 is 0 Å². The van der Waals surface area contributed by atoms with Crippen LogP contribution in [-0.2, 0) is 6.54 Å². The average molecular weight is 387 g/mol. The van der Waals surface area contributed by atoms with Crippen LogP contribution in [0.25, 0.3) is 0 Å². The number of nitrogens with zero attached hydrogens (tertiary/aromatic N) is 1. The van der Waals surface area contributed by atoms with E-state index in [1.165, 1.54) is 0 Å². The monoisotopic (exact) mass is 385 g/mol. The highest BCUT2D eigenvalue weighted by Crippen LogP contribution is 2.21. The third-order valence-corrected chi connectivity index (χ3v) is 3.81. The minimum Gasteiger partial charge on any atom is -0.333 e. The summed E-state index contributed by atoms with van der Waals surface area (Å²) in [7, 11) is 0. The van der Waals surface area contributed by atoms with Gasteiger partial charge in [-0.2, -0.15) is 0 Å². The number of hydrogen-bond donors (Lipinski definition) is 0. The van der Waals surface area contributed by atoms with Crippen molar-refractivity contribution in [3.8, 4) is 0 Å². The predicted molar refractivity (Wildman–Crippen MR) is 91.1 cm³/mol. The van der Waals surface area contributed by atoms with E-state index in [9.17, 15) is 4.79 Å². The normalized spacial score (nSPS) is 10.4. The van der Waals surface area contributed by atoms with Gasteiger partial charge in [-0.25, -0.2) is 0 Å². The number of hydrogen-bond acceptors (Lipinski definition) is 1. The zero-order valence-electron chi connectivity index (χ0n) is 11.2. The van der Waals surface area contributed by atoms with E-state index in [1.807, 2.05) is 30.3 Å². The van der Waals surface area contributed by atoms with Crippen molar-refractivity contribution in [2.75, 3.05) is 12.4 Å². The van der Waals surface area contributed by atoms with Crippen molar-refractivity contribution < 1.29 is 4.79 Å². The van der Waals surface area contributed by atoms with Gasteiger partial charge in [0.2, 0.25) is 0 Å². The van der Waals surface area contributed by atoms with Crippen LogP contribution in [0.15, 0.2) is 53.0 Å². The van der Waals surface area contributed by atoms with Gasteiger partial charge in [-0.15, -0.1) is 11.6 Å². The summed E-state index contributed by atoms with van der Waals surface area (Å²) in [5.41, 5.74) is 1.62. The molecule has 5 heteroatoms. The molecule has 0 unspecified atom stereocenters. The van der Waals surface area contributed by atoms with E-state index in [4.69, 9.17) is 23.2 Å². The van der Waals surface area contributed by atoms with Gasteiger partial charge in [0.05, 0.1) is 0 Å². The number of amides is 1. The smallest absolute Gasteiger partial charge is 0.254 e. The van der Waals surface area contributed by atoms with E-state index in [-0.39, 0.29) is 5.91 Å². The molecule has 0 atom stereocenters. The van der Waals surface area contributed by atoms with Gasteiger partial charge in [-0.3, -0.25) is 4.79 Å². The van der Waals surface area contributed by atoms with Crippen molar-refractivity contribution >= 4 is 45.0 Å². The summed E-state index contributed by atoms with van der Waals surface area (Å²) in [6, 6.07) is 15.0. The Morgan fingerprint density at radius 3 is 2.48 bits per heavy atom. The van der Waals surface area contributed by atoms with Crippen LogP contribution in [0.5, 0.6) is 0 Å². The first-order valence-electron chi connectivity index (χ1n) is 6.45. The van der Waals surface area contributed by atoms with Crippen molar-refractivity contribution in [3.63, 3.8) is 0 Å². The molecule has 0 bridgehead atoms. The molecular formula is C16H14BrCl2NO. The molecule has 2 rings (SSSR count). The quantitative estimate of drug-likeness (QED) is 0.663. The molecule has 0 fully saturated rings. The highest BCUT2D eigenvalue weighted by atomic mass is 79.9. The molecule has 0 heterocycles. The molecule has 1 amide bonds. The van der Waals surface area contributed by atoms with Crippen molar-refractivity contribution in [2.45, 2.75) is 6.54 Å². The molecule has 0 N–H and O–H groups in total. The zero-order chi connectivity index (χ0) is 15.2. The second-order valence-corrected chi connectivity index (χ2v) is 6.29. The Kier molecular flexibility index (Phi) is 6.09. The molecule has 0 aliphatic carbocycles. The molecule has 2 nitrogen and oxygen atoms in total. The summed E-state index contributed by atoms with van der Waals surface area (Å²) in [5.74, 6) is 0.308. The Hall–Kier alpha value is -1.03. The number of alkyl halides is 1. The van der Waals surface area contributed by atoms with E-state index in [1.54, 1.807) is 23.1 Å². The van der Waals surface area contributed by atoms with Crippen LogP contribution >= 0.6 is 39.1 Å². The first kappa shape index (κ1) is 16.3. The summed E-state index contributed by atoms with van der Waals surface area (Å²) in [6.07, 6.45) is 0. The van der Waals surface area contributed by atoms with E-state index in [0.29, 0.717) is 29.6 Å². The van der Waals surface area contributed by atoms with E-state index in [2.05, 4.69) is 15.9 Å².